The van der Waals surface area contributed by atoms with Crippen molar-refractivity contribution in [3.63, 3.8) is 0 Å². The summed E-state index contributed by atoms with van der Waals surface area (Å²) in [4.78, 5) is 12.0. The normalized spacial score (nSPS) is 11.6. The molecule has 0 amide bonds. The van der Waals surface area contributed by atoms with Crippen molar-refractivity contribution >= 4 is 17.7 Å². The van der Waals surface area contributed by atoms with E-state index >= 15 is 0 Å². The van der Waals surface area contributed by atoms with E-state index in [-0.39, 0.29) is 0 Å². The van der Waals surface area contributed by atoms with Crippen LogP contribution >= 0.6 is 11.8 Å². The molecule has 0 spiro atoms. The number of benzene rings is 1. The first kappa shape index (κ1) is 17.8. The highest BCUT2D eigenvalue weighted by Gasteiger charge is 1.98. The summed E-state index contributed by atoms with van der Waals surface area (Å²) < 4.78 is 0. The fourth-order valence-corrected chi connectivity index (χ4v) is 3.00. The summed E-state index contributed by atoms with van der Waals surface area (Å²) in [5.41, 5.74) is 0.466. The molecule has 0 atom stereocenters. The molecule has 0 fully saturated rings. The molecule has 0 bridgehead atoms. The van der Waals surface area contributed by atoms with Gasteiger partial charge in [-0.25, -0.2) is 4.79 Å². The van der Waals surface area contributed by atoms with Crippen LogP contribution in [0.2, 0.25) is 0 Å². The van der Waals surface area contributed by atoms with Crippen LogP contribution in [0.3, 0.4) is 0 Å². The lowest BCUT2D eigenvalue weighted by atomic mass is 10.1. The highest BCUT2D eigenvalue weighted by molar-refractivity contribution is 7.99. The van der Waals surface area contributed by atoms with Gasteiger partial charge in [0.05, 0.1) is 0 Å². The Balaban J connectivity index is 1.89. The second kappa shape index (κ2) is 11.4. The third kappa shape index (κ3) is 9.35. The van der Waals surface area contributed by atoms with Crippen LogP contribution in [0.1, 0.15) is 51.9 Å². The summed E-state index contributed by atoms with van der Waals surface area (Å²) in [5.74, 6) is 0.399. The van der Waals surface area contributed by atoms with Gasteiger partial charge in [-0.1, -0.05) is 50.0 Å². The summed E-state index contributed by atoms with van der Waals surface area (Å²) in [6, 6.07) is 10.6. The van der Waals surface area contributed by atoms with Crippen LogP contribution in [0.5, 0.6) is 0 Å². The smallest absolute Gasteiger partial charge is 0.330 e. The van der Waals surface area contributed by atoms with Crippen LogP contribution in [0.15, 0.2) is 46.9 Å². The molecule has 0 unspecified atom stereocenters. The Labute approximate surface area is 132 Å². The van der Waals surface area contributed by atoms with Crippen LogP contribution in [0.25, 0.3) is 0 Å². The molecule has 0 aliphatic carbocycles. The number of carbonyl (C=O) groups is 1. The molecule has 1 rings (SSSR count). The van der Waals surface area contributed by atoms with Crippen molar-refractivity contribution in [2.75, 3.05) is 5.75 Å². The maximum atomic E-state index is 10.6. The molecule has 0 aliphatic heterocycles. The zero-order valence-corrected chi connectivity index (χ0v) is 13.7. The second-order valence-corrected chi connectivity index (χ2v) is 6.43. The first-order valence-corrected chi connectivity index (χ1v) is 8.76. The number of hydrogen-bond acceptors (Lipinski definition) is 2. The molecule has 1 aromatic carbocycles. The number of unbranched alkanes of at least 4 members (excludes halogenated alkanes) is 6. The van der Waals surface area contributed by atoms with Crippen molar-refractivity contribution < 1.29 is 9.90 Å². The van der Waals surface area contributed by atoms with E-state index in [0.717, 1.165) is 12.8 Å². The Kier molecular flexibility index (Phi) is 9.71. The van der Waals surface area contributed by atoms with Crippen molar-refractivity contribution in [2.45, 2.75) is 56.8 Å². The fraction of sp³-hybridized carbons (Fsp3) is 0.500. The van der Waals surface area contributed by atoms with Gasteiger partial charge >= 0.3 is 5.97 Å². The molecule has 0 radical (unpaired) electrons. The van der Waals surface area contributed by atoms with Crippen LogP contribution in [0.4, 0.5) is 0 Å². The van der Waals surface area contributed by atoms with E-state index in [1.54, 1.807) is 6.92 Å². The molecule has 116 valence electrons. The topological polar surface area (TPSA) is 37.3 Å². The van der Waals surface area contributed by atoms with Gasteiger partial charge in [0.25, 0.3) is 0 Å². The average molecular weight is 306 g/mol. The molecule has 0 saturated carbocycles. The Morgan fingerprint density at radius 2 is 1.67 bits per heavy atom. The fourth-order valence-electron chi connectivity index (χ4n) is 2.07. The number of carboxylic acids is 1. The maximum absolute atomic E-state index is 10.6. The summed E-state index contributed by atoms with van der Waals surface area (Å²) in [5, 5.41) is 8.72. The largest absolute Gasteiger partial charge is 0.478 e. The van der Waals surface area contributed by atoms with E-state index in [9.17, 15) is 4.79 Å². The number of hydrogen-bond donors (Lipinski definition) is 1. The molecule has 1 aromatic rings. The van der Waals surface area contributed by atoms with Gasteiger partial charge < -0.3 is 5.11 Å². The standard InChI is InChI=1S/C18H26O2S/c1-16(18(19)20)12-8-5-3-2-4-6-11-15-21-17-13-9-7-10-14-17/h7,9-10,12-14H,2-6,8,11,15H2,1H3,(H,19,20). The van der Waals surface area contributed by atoms with Gasteiger partial charge in [0.15, 0.2) is 0 Å². The molecule has 0 aliphatic rings. The van der Waals surface area contributed by atoms with Crippen LogP contribution < -0.4 is 0 Å². The lowest BCUT2D eigenvalue weighted by Crippen LogP contribution is -1.95. The average Bonchev–Trinajstić information content (AvgIpc) is 2.49. The van der Waals surface area contributed by atoms with Crippen LogP contribution in [-0.2, 0) is 4.79 Å². The molecule has 1 N–H and O–H groups in total. The van der Waals surface area contributed by atoms with Gasteiger partial charge in [0.2, 0.25) is 0 Å². The highest BCUT2D eigenvalue weighted by Crippen LogP contribution is 2.19. The van der Waals surface area contributed by atoms with Crippen molar-refractivity contribution in [3.8, 4) is 0 Å². The number of thioether (sulfide) groups is 1. The van der Waals surface area contributed by atoms with Gasteiger partial charge in [0, 0.05) is 10.5 Å². The second-order valence-electron chi connectivity index (χ2n) is 5.26. The van der Waals surface area contributed by atoms with Crippen LogP contribution in [-0.4, -0.2) is 16.8 Å². The van der Waals surface area contributed by atoms with Gasteiger partial charge in [-0.2, -0.15) is 0 Å². The van der Waals surface area contributed by atoms with E-state index < -0.39 is 5.97 Å². The zero-order chi connectivity index (χ0) is 15.3. The van der Waals surface area contributed by atoms with Gasteiger partial charge in [-0.15, -0.1) is 11.8 Å². The summed E-state index contributed by atoms with van der Waals surface area (Å²) in [6.07, 6.45) is 10.1. The molecule has 0 aromatic heterocycles. The van der Waals surface area contributed by atoms with Crippen LogP contribution in [0, 0.1) is 0 Å². The first-order valence-electron chi connectivity index (χ1n) is 7.78. The Hall–Kier alpha value is -1.22. The molecule has 0 heterocycles. The molecule has 0 saturated heterocycles. The van der Waals surface area contributed by atoms with Gasteiger partial charge in [-0.3, -0.25) is 0 Å². The maximum Gasteiger partial charge on any atom is 0.330 e. The minimum atomic E-state index is -0.800. The zero-order valence-electron chi connectivity index (χ0n) is 12.9. The van der Waals surface area contributed by atoms with E-state index in [0.29, 0.717) is 5.57 Å². The monoisotopic (exact) mass is 306 g/mol. The quantitative estimate of drug-likeness (QED) is 0.331. The van der Waals surface area contributed by atoms with Crippen molar-refractivity contribution in [1.29, 1.82) is 0 Å². The lowest BCUT2D eigenvalue weighted by Gasteiger charge is -2.02. The minimum Gasteiger partial charge on any atom is -0.478 e. The van der Waals surface area contributed by atoms with Crippen molar-refractivity contribution in [3.05, 3.63) is 42.0 Å². The SMILES string of the molecule is CC(=CCCCCCCCCSc1ccccc1)C(=O)O. The van der Waals surface area contributed by atoms with Gasteiger partial charge in [0.1, 0.15) is 0 Å². The molecular weight excluding hydrogens is 280 g/mol. The third-order valence-corrected chi connectivity index (χ3v) is 4.50. The molecule has 3 heteroatoms. The minimum absolute atomic E-state index is 0.466. The number of rotatable bonds is 11. The Morgan fingerprint density at radius 1 is 1.05 bits per heavy atom. The molecule has 21 heavy (non-hydrogen) atoms. The lowest BCUT2D eigenvalue weighted by molar-refractivity contribution is -0.132. The van der Waals surface area contributed by atoms with Gasteiger partial charge in [-0.05, 0) is 44.1 Å². The predicted octanol–water partition coefficient (Wildman–Crippen LogP) is 5.54. The summed E-state index contributed by atoms with van der Waals surface area (Å²) in [6.45, 7) is 1.66. The number of allylic oxidation sites excluding steroid dienone is 1. The Morgan fingerprint density at radius 3 is 2.33 bits per heavy atom. The number of carboxylic acid groups (broad SMARTS) is 1. The first-order chi connectivity index (χ1) is 10.2. The summed E-state index contributed by atoms with van der Waals surface area (Å²) >= 11 is 1.93. The Bertz CT molecular complexity index is 426. The highest BCUT2D eigenvalue weighted by atomic mass is 32.2. The van der Waals surface area contributed by atoms with E-state index in [1.807, 2.05) is 17.8 Å². The van der Waals surface area contributed by atoms with E-state index in [4.69, 9.17) is 5.11 Å². The molecular formula is C18H26O2S. The number of aliphatic carboxylic acids is 1. The van der Waals surface area contributed by atoms with E-state index in [1.165, 1.54) is 42.8 Å². The van der Waals surface area contributed by atoms with Crippen molar-refractivity contribution in [2.24, 2.45) is 0 Å². The third-order valence-electron chi connectivity index (χ3n) is 3.40. The summed E-state index contributed by atoms with van der Waals surface area (Å²) in [7, 11) is 0. The van der Waals surface area contributed by atoms with Crippen molar-refractivity contribution in [1.82, 2.24) is 0 Å². The predicted molar refractivity (Wildman–Crippen MR) is 90.9 cm³/mol. The molecule has 2 nitrogen and oxygen atoms in total. The van der Waals surface area contributed by atoms with E-state index in [2.05, 4.69) is 30.3 Å².